The predicted octanol–water partition coefficient (Wildman–Crippen LogP) is 4.01. The van der Waals surface area contributed by atoms with Gasteiger partial charge in [-0.3, -0.25) is 0 Å². The molecule has 0 atom stereocenters. The summed E-state index contributed by atoms with van der Waals surface area (Å²) in [5.74, 6) is 0.743. The van der Waals surface area contributed by atoms with Crippen LogP contribution in [0.15, 0.2) is 42.5 Å². The minimum Gasteiger partial charge on any atom is -0.457 e. The molecule has 0 saturated carbocycles. The van der Waals surface area contributed by atoms with Crippen LogP contribution in [0.3, 0.4) is 0 Å². The topological polar surface area (TPSA) is 30.5 Å². The smallest absolute Gasteiger partial charge is 0.134 e. The lowest BCUT2D eigenvalue weighted by molar-refractivity contribution is 0.199. The van der Waals surface area contributed by atoms with Crippen molar-refractivity contribution in [2.24, 2.45) is 0 Å². The molecule has 1 N–H and O–H groups in total. The molecule has 0 aliphatic heterocycles. The van der Waals surface area contributed by atoms with E-state index in [0.717, 1.165) is 0 Å². The van der Waals surface area contributed by atoms with Gasteiger partial charge in [-0.2, -0.15) is 0 Å². The molecule has 0 bridgehead atoms. The van der Waals surface area contributed by atoms with E-state index in [1.165, 1.54) is 6.07 Å². The summed E-state index contributed by atoms with van der Waals surface area (Å²) in [5.41, 5.74) is 0.480. The van der Waals surface area contributed by atoms with Crippen molar-refractivity contribution < 1.29 is 13.9 Å². The Hall–Kier alpha value is -1.62. The fourth-order valence-corrected chi connectivity index (χ4v) is 2.03. The summed E-state index contributed by atoms with van der Waals surface area (Å²) in [4.78, 5) is 0. The van der Waals surface area contributed by atoms with E-state index in [9.17, 15) is 4.39 Å². The summed E-state index contributed by atoms with van der Waals surface area (Å²) in [6.07, 6.45) is 0. The van der Waals surface area contributed by atoms with Gasteiger partial charge in [0.15, 0.2) is 0 Å². The minimum absolute atomic E-state index is 0.306. The number of benzene rings is 2. The highest BCUT2D eigenvalue weighted by molar-refractivity contribution is 6.30. The van der Waals surface area contributed by atoms with Crippen LogP contribution in [-0.4, -0.2) is 20.3 Å². The molecular weight excluding hydrogens is 293 g/mol. The van der Waals surface area contributed by atoms with Crippen molar-refractivity contribution in [3.05, 3.63) is 58.9 Å². The molecular formula is C16H17ClFNO2. The zero-order valence-corrected chi connectivity index (χ0v) is 12.5. The van der Waals surface area contributed by atoms with Gasteiger partial charge in [-0.15, -0.1) is 0 Å². The third-order valence-corrected chi connectivity index (χ3v) is 3.12. The first kappa shape index (κ1) is 15.8. The van der Waals surface area contributed by atoms with Crippen molar-refractivity contribution in [1.29, 1.82) is 0 Å². The molecule has 21 heavy (non-hydrogen) atoms. The van der Waals surface area contributed by atoms with E-state index in [1.807, 2.05) is 0 Å². The van der Waals surface area contributed by atoms with Crippen LogP contribution in [0.4, 0.5) is 4.39 Å². The van der Waals surface area contributed by atoms with Crippen molar-refractivity contribution in [3.63, 3.8) is 0 Å². The van der Waals surface area contributed by atoms with Gasteiger partial charge in [-0.05, 0) is 30.3 Å². The van der Waals surface area contributed by atoms with Crippen LogP contribution in [0.5, 0.6) is 11.5 Å². The lowest BCUT2D eigenvalue weighted by Gasteiger charge is -2.13. The van der Waals surface area contributed by atoms with E-state index in [-0.39, 0.29) is 5.82 Å². The highest BCUT2D eigenvalue weighted by Crippen LogP contribution is 2.28. The molecule has 0 aliphatic carbocycles. The van der Waals surface area contributed by atoms with Crippen molar-refractivity contribution in [2.45, 2.75) is 6.54 Å². The summed E-state index contributed by atoms with van der Waals surface area (Å²) in [6.45, 7) is 1.58. The Kier molecular flexibility index (Phi) is 5.99. The number of ether oxygens (including phenoxy) is 2. The average Bonchev–Trinajstić information content (AvgIpc) is 2.46. The zero-order valence-electron chi connectivity index (χ0n) is 11.7. The van der Waals surface area contributed by atoms with Crippen LogP contribution in [0.25, 0.3) is 0 Å². The largest absolute Gasteiger partial charge is 0.457 e. The lowest BCUT2D eigenvalue weighted by Crippen LogP contribution is -2.19. The Bertz CT molecular complexity index is 592. The van der Waals surface area contributed by atoms with Gasteiger partial charge in [-0.1, -0.05) is 23.7 Å². The minimum atomic E-state index is -0.306. The van der Waals surface area contributed by atoms with Crippen LogP contribution >= 0.6 is 11.6 Å². The van der Waals surface area contributed by atoms with Crippen LogP contribution in [0.2, 0.25) is 5.02 Å². The first-order valence-electron chi connectivity index (χ1n) is 6.61. The van der Waals surface area contributed by atoms with E-state index >= 15 is 0 Å². The number of rotatable bonds is 7. The van der Waals surface area contributed by atoms with Crippen LogP contribution in [-0.2, 0) is 11.3 Å². The van der Waals surface area contributed by atoms with Gasteiger partial charge in [0.05, 0.1) is 6.61 Å². The molecule has 112 valence electrons. The first-order chi connectivity index (χ1) is 10.2. The summed E-state index contributed by atoms with van der Waals surface area (Å²) < 4.78 is 24.6. The van der Waals surface area contributed by atoms with Gasteiger partial charge in [0, 0.05) is 30.8 Å². The van der Waals surface area contributed by atoms with E-state index in [2.05, 4.69) is 5.32 Å². The summed E-state index contributed by atoms with van der Waals surface area (Å²) >= 11 is 5.92. The Morgan fingerprint density at radius 1 is 1.19 bits per heavy atom. The standard InChI is InChI=1S/C16H17ClFNO2/c1-20-9-8-19-11-14-15(18)6-3-7-16(14)21-13-5-2-4-12(17)10-13/h2-7,10,19H,8-9,11H2,1H3. The molecule has 2 rings (SSSR count). The van der Waals surface area contributed by atoms with Gasteiger partial charge in [-0.25, -0.2) is 4.39 Å². The molecule has 5 heteroatoms. The number of hydrogen-bond donors (Lipinski definition) is 1. The van der Waals surface area contributed by atoms with Gasteiger partial charge >= 0.3 is 0 Å². The third kappa shape index (κ3) is 4.70. The van der Waals surface area contributed by atoms with Crippen molar-refractivity contribution in [1.82, 2.24) is 5.32 Å². The number of halogens is 2. The SMILES string of the molecule is COCCNCc1c(F)cccc1Oc1cccc(Cl)c1. The normalized spacial score (nSPS) is 10.6. The van der Waals surface area contributed by atoms with Crippen molar-refractivity contribution in [2.75, 3.05) is 20.3 Å². The van der Waals surface area contributed by atoms with Crippen molar-refractivity contribution >= 4 is 11.6 Å². The second-order valence-corrected chi connectivity index (χ2v) is 4.88. The van der Waals surface area contributed by atoms with Crippen LogP contribution in [0, 0.1) is 5.82 Å². The molecule has 0 fully saturated rings. The predicted molar refractivity (Wildman–Crippen MR) is 81.5 cm³/mol. The summed E-state index contributed by atoms with van der Waals surface area (Å²) in [6, 6.07) is 11.8. The second-order valence-electron chi connectivity index (χ2n) is 4.45. The van der Waals surface area contributed by atoms with Gasteiger partial charge in [0.2, 0.25) is 0 Å². The van der Waals surface area contributed by atoms with Crippen LogP contribution < -0.4 is 10.1 Å². The Balaban J connectivity index is 2.13. The monoisotopic (exact) mass is 309 g/mol. The number of hydrogen-bond acceptors (Lipinski definition) is 3. The maximum atomic E-state index is 14.0. The molecule has 0 spiro atoms. The molecule has 0 radical (unpaired) electrons. The third-order valence-electron chi connectivity index (χ3n) is 2.88. The first-order valence-corrected chi connectivity index (χ1v) is 6.99. The Morgan fingerprint density at radius 3 is 2.76 bits per heavy atom. The summed E-state index contributed by atoms with van der Waals surface area (Å²) in [7, 11) is 1.62. The fourth-order valence-electron chi connectivity index (χ4n) is 1.85. The fraction of sp³-hybridized carbons (Fsp3) is 0.250. The highest BCUT2D eigenvalue weighted by atomic mass is 35.5. The molecule has 0 amide bonds. The van der Waals surface area contributed by atoms with E-state index < -0.39 is 0 Å². The second kappa shape index (κ2) is 7.98. The van der Waals surface area contributed by atoms with E-state index in [0.29, 0.717) is 41.8 Å². The van der Waals surface area contributed by atoms with E-state index in [1.54, 1.807) is 43.5 Å². The number of nitrogens with one attached hydrogen (secondary N) is 1. The molecule has 0 aliphatic rings. The Morgan fingerprint density at radius 2 is 2.00 bits per heavy atom. The molecule has 0 saturated heterocycles. The molecule has 2 aromatic carbocycles. The highest BCUT2D eigenvalue weighted by Gasteiger charge is 2.10. The van der Waals surface area contributed by atoms with Gasteiger partial charge < -0.3 is 14.8 Å². The number of methoxy groups -OCH3 is 1. The summed E-state index contributed by atoms with van der Waals surface area (Å²) in [5, 5.41) is 3.68. The quantitative estimate of drug-likeness (QED) is 0.784. The van der Waals surface area contributed by atoms with Crippen molar-refractivity contribution in [3.8, 4) is 11.5 Å². The molecule has 3 nitrogen and oxygen atoms in total. The zero-order chi connectivity index (χ0) is 15.1. The molecule has 2 aromatic rings. The lowest BCUT2D eigenvalue weighted by atomic mass is 10.2. The maximum Gasteiger partial charge on any atom is 0.134 e. The maximum absolute atomic E-state index is 14.0. The van der Waals surface area contributed by atoms with Gasteiger partial charge in [0.1, 0.15) is 17.3 Å². The van der Waals surface area contributed by atoms with Crippen LogP contribution in [0.1, 0.15) is 5.56 Å². The average molecular weight is 310 g/mol. The molecule has 0 unspecified atom stereocenters. The van der Waals surface area contributed by atoms with Gasteiger partial charge in [0.25, 0.3) is 0 Å². The molecule has 0 aromatic heterocycles. The van der Waals surface area contributed by atoms with E-state index in [4.69, 9.17) is 21.1 Å². The Labute approximate surface area is 128 Å². The molecule has 0 heterocycles.